The van der Waals surface area contributed by atoms with Crippen LogP contribution in [0.15, 0.2) is 94.7 Å². The molecular formula is C37H37ClF4O6S2. The monoisotopic (exact) mass is 752 g/mol. The number of halogens is 5. The van der Waals surface area contributed by atoms with E-state index in [0.717, 1.165) is 42.0 Å². The maximum atomic E-state index is 14.5. The minimum atomic E-state index is -4.03. The van der Waals surface area contributed by atoms with Crippen molar-refractivity contribution in [2.45, 2.75) is 89.8 Å². The van der Waals surface area contributed by atoms with Crippen LogP contribution in [-0.4, -0.2) is 39.3 Å². The van der Waals surface area contributed by atoms with E-state index >= 15 is 0 Å². The first-order valence-electron chi connectivity index (χ1n) is 16.1. The van der Waals surface area contributed by atoms with E-state index in [2.05, 4.69) is 0 Å². The van der Waals surface area contributed by atoms with Gasteiger partial charge in [-0.15, -0.1) is 0 Å². The molecule has 0 unspecified atom stereocenters. The summed E-state index contributed by atoms with van der Waals surface area (Å²) >= 11 is 5.83. The largest absolute Gasteiger partial charge is 0.393 e. The Morgan fingerprint density at radius 1 is 0.580 bits per heavy atom. The molecule has 0 amide bonds. The normalized spacial score (nSPS) is 24.2. The van der Waals surface area contributed by atoms with Gasteiger partial charge >= 0.3 is 0 Å². The van der Waals surface area contributed by atoms with Crippen LogP contribution in [0.2, 0.25) is 5.02 Å². The van der Waals surface area contributed by atoms with E-state index in [1.807, 2.05) is 6.92 Å². The molecular weight excluding hydrogens is 716 g/mol. The fraction of sp³-hybridized carbons (Fsp3) is 0.351. The summed E-state index contributed by atoms with van der Waals surface area (Å²) in [4.78, 5) is 0.0788. The number of sulfone groups is 2. The molecule has 2 aliphatic rings. The van der Waals surface area contributed by atoms with Gasteiger partial charge in [-0.05, 0) is 131 Å². The topological polar surface area (TPSA) is 109 Å². The lowest BCUT2D eigenvalue weighted by Gasteiger charge is -2.39. The molecule has 6 nitrogen and oxygen atoms in total. The molecule has 2 N–H and O–H groups in total. The third-order valence-corrected chi connectivity index (χ3v) is 15.2. The lowest BCUT2D eigenvalue weighted by atomic mass is 9.81. The molecule has 6 rings (SSSR count). The van der Waals surface area contributed by atoms with E-state index < -0.39 is 64.6 Å². The van der Waals surface area contributed by atoms with Crippen molar-refractivity contribution in [3.8, 4) is 0 Å². The van der Waals surface area contributed by atoms with Gasteiger partial charge in [-0.3, -0.25) is 0 Å². The third kappa shape index (κ3) is 7.23. The summed E-state index contributed by atoms with van der Waals surface area (Å²) in [5, 5.41) is 20.0. The first kappa shape index (κ1) is 38.0. The van der Waals surface area contributed by atoms with Gasteiger partial charge < -0.3 is 10.2 Å². The van der Waals surface area contributed by atoms with Crippen LogP contribution in [-0.2, 0) is 29.2 Å². The van der Waals surface area contributed by atoms with Gasteiger partial charge in [-0.25, -0.2) is 34.4 Å². The molecule has 13 heteroatoms. The van der Waals surface area contributed by atoms with Crippen molar-refractivity contribution in [3.05, 3.63) is 130 Å². The van der Waals surface area contributed by atoms with Crippen LogP contribution in [0.5, 0.6) is 0 Å². The zero-order chi connectivity index (χ0) is 36.5. The van der Waals surface area contributed by atoms with Crippen LogP contribution < -0.4 is 0 Å². The minimum Gasteiger partial charge on any atom is -0.393 e. The molecule has 0 radical (unpaired) electrons. The Morgan fingerprint density at radius 2 is 0.920 bits per heavy atom. The van der Waals surface area contributed by atoms with Gasteiger partial charge in [0.05, 0.1) is 22.0 Å². The fourth-order valence-electron chi connectivity index (χ4n) is 6.98. The number of rotatable bonds is 6. The third-order valence-electron chi connectivity index (χ3n) is 9.85. The maximum Gasteiger partial charge on any atom is 0.188 e. The van der Waals surface area contributed by atoms with Gasteiger partial charge in [-0.2, -0.15) is 0 Å². The summed E-state index contributed by atoms with van der Waals surface area (Å²) in [6.45, 7) is 1.84. The molecule has 50 heavy (non-hydrogen) atoms. The molecule has 4 aromatic rings. The van der Waals surface area contributed by atoms with Crippen molar-refractivity contribution in [1.29, 1.82) is 0 Å². The summed E-state index contributed by atoms with van der Waals surface area (Å²) < 4.78 is 107. The van der Waals surface area contributed by atoms with Gasteiger partial charge in [0.15, 0.2) is 19.7 Å². The molecule has 0 aromatic heterocycles. The van der Waals surface area contributed by atoms with Crippen LogP contribution in [0, 0.1) is 30.2 Å². The van der Waals surface area contributed by atoms with Crippen LogP contribution >= 0.6 is 11.6 Å². The summed E-state index contributed by atoms with van der Waals surface area (Å²) in [6.07, 6.45) is -0.314. The number of benzene rings is 4. The van der Waals surface area contributed by atoms with E-state index in [1.165, 1.54) is 36.4 Å². The molecule has 2 fully saturated rings. The van der Waals surface area contributed by atoms with Crippen molar-refractivity contribution in [2.75, 3.05) is 0 Å². The molecule has 0 atom stereocenters. The van der Waals surface area contributed by atoms with E-state index in [1.54, 1.807) is 12.1 Å². The average Bonchev–Trinajstić information content (AvgIpc) is 3.08. The SMILES string of the molecule is Cc1ccc(S(=O)(=O)C2(c3cc(F)ccc3F)CCC(O)CC2)cc1.O=S(=O)(c1ccc(Cl)cc1)C1(c2cc(F)ccc2F)CCC(O)CC1. The quantitative estimate of drug-likeness (QED) is 0.193. The van der Waals surface area contributed by atoms with E-state index in [-0.39, 0.29) is 72.3 Å². The first-order chi connectivity index (χ1) is 23.5. The van der Waals surface area contributed by atoms with Crippen molar-refractivity contribution in [3.63, 3.8) is 0 Å². The standard InChI is InChI=1S/C19H20F2O3S.C18H17ClF2O3S/c1-13-2-5-16(6-3-13)25(23,24)19(10-8-15(22)9-11-19)17-12-14(20)4-7-18(17)21;19-12-1-4-15(5-2-12)25(23,24)18(9-7-14(22)8-10-18)16-11-13(20)3-6-17(16)21/h2-7,12,15,22H,8-11H2,1H3;1-6,11,14,22H,7-10H2. The predicted octanol–water partition coefficient (Wildman–Crippen LogP) is 8.10. The number of hydrogen-bond donors (Lipinski definition) is 2. The number of aliphatic hydroxyl groups is 2. The number of hydrogen-bond acceptors (Lipinski definition) is 6. The van der Waals surface area contributed by atoms with E-state index in [0.29, 0.717) is 5.02 Å². The second-order valence-corrected chi connectivity index (χ2v) is 17.9. The molecule has 0 spiro atoms. The molecule has 2 aliphatic carbocycles. The average molecular weight is 753 g/mol. The fourth-order valence-corrected chi connectivity index (χ4v) is 11.4. The summed E-state index contributed by atoms with van der Waals surface area (Å²) in [5.74, 6) is -2.89. The highest BCUT2D eigenvalue weighted by Crippen LogP contribution is 2.49. The van der Waals surface area contributed by atoms with Gasteiger partial charge in [0, 0.05) is 16.1 Å². The van der Waals surface area contributed by atoms with E-state index in [9.17, 15) is 44.6 Å². The molecule has 0 aliphatic heterocycles. The van der Waals surface area contributed by atoms with E-state index in [4.69, 9.17) is 11.6 Å². The Balaban J connectivity index is 0.000000194. The molecule has 0 heterocycles. The van der Waals surface area contributed by atoms with Crippen molar-refractivity contribution in [2.24, 2.45) is 0 Å². The zero-order valence-corrected chi connectivity index (χ0v) is 29.5. The second kappa shape index (κ2) is 14.7. The Bertz CT molecular complexity index is 1890. The van der Waals surface area contributed by atoms with Gasteiger partial charge in [0.25, 0.3) is 0 Å². The van der Waals surface area contributed by atoms with Crippen LogP contribution in [0.3, 0.4) is 0 Å². The second-order valence-electron chi connectivity index (χ2n) is 13.0. The highest BCUT2D eigenvalue weighted by Gasteiger charge is 2.51. The summed E-state index contributed by atoms with van der Waals surface area (Å²) in [6, 6.07) is 17.7. The molecule has 4 aromatic carbocycles. The van der Waals surface area contributed by atoms with Crippen LogP contribution in [0.25, 0.3) is 0 Å². The Labute approximate surface area is 294 Å². The van der Waals surface area contributed by atoms with Crippen molar-refractivity contribution < 1.29 is 44.6 Å². The Kier molecular flexibility index (Phi) is 11.2. The molecule has 0 saturated heterocycles. The minimum absolute atomic E-state index is 0.00282. The first-order valence-corrected chi connectivity index (χ1v) is 19.5. The lowest BCUT2D eigenvalue weighted by Crippen LogP contribution is -2.41. The number of aryl methyl sites for hydroxylation is 1. The summed E-state index contributed by atoms with van der Waals surface area (Å²) in [5.41, 5.74) is 0.568. The van der Waals surface area contributed by atoms with Gasteiger partial charge in [0.1, 0.15) is 32.8 Å². The van der Waals surface area contributed by atoms with Gasteiger partial charge in [-0.1, -0.05) is 29.3 Å². The maximum absolute atomic E-state index is 14.5. The smallest absolute Gasteiger partial charge is 0.188 e. The highest BCUT2D eigenvalue weighted by atomic mass is 35.5. The highest BCUT2D eigenvalue weighted by molar-refractivity contribution is 7.92. The number of aliphatic hydroxyl groups excluding tert-OH is 2. The Hall–Kier alpha value is -3.29. The molecule has 2 saturated carbocycles. The predicted molar refractivity (Wildman–Crippen MR) is 182 cm³/mol. The molecule has 0 bridgehead atoms. The lowest BCUT2D eigenvalue weighted by molar-refractivity contribution is 0.113. The molecule has 268 valence electrons. The summed E-state index contributed by atoms with van der Waals surface area (Å²) in [7, 11) is -8.01. The van der Waals surface area contributed by atoms with Gasteiger partial charge in [0.2, 0.25) is 0 Å². The zero-order valence-electron chi connectivity index (χ0n) is 27.1. The van der Waals surface area contributed by atoms with Crippen LogP contribution in [0.4, 0.5) is 17.6 Å². The van der Waals surface area contributed by atoms with Crippen molar-refractivity contribution in [1.82, 2.24) is 0 Å². The van der Waals surface area contributed by atoms with Crippen LogP contribution in [0.1, 0.15) is 68.1 Å². The Morgan fingerprint density at radius 3 is 1.28 bits per heavy atom. The van der Waals surface area contributed by atoms with Crippen molar-refractivity contribution >= 4 is 31.3 Å².